The molecule has 0 radical (unpaired) electrons. The van der Waals surface area contributed by atoms with Crippen LogP contribution in [0.2, 0.25) is 0 Å². The predicted octanol–water partition coefficient (Wildman–Crippen LogP) is 3.88. The zero-order valence-electron chi connectivity index (χ0n) is 14.2. The van der Waals surface area contributed by atoms with Crippen molar-refractivity contribution < 1.29 is 19.5 Å². The van der Waals surface area contributed by atoms with Gasteiger partial charge in [-0.05, 0) is 53.0 Å². The molecule has 112 valence electrons. The second kappa shape index (κ2) is 18.5. The molecular formula is C16H36N2Zn. The quantitative estimate of drug-likeness (QED) is 0.470. The van der Waals surface area contributed by atoms with Gasteiger partial charge in [0.1, 0.15) is 0 Å². The topological polar surface area (TPSA) is 6.48 Å². The Kier molecular flexibility index (Phi) is 24.0. The van der Waals surface area contributed by atoms with Crippen molar-refractivity contribution >= 4 is 0 Å². The van der Waals surface area contributed by atoms with Gasteiger partial charge in [0.2, 0.25) is 0 Å². The van der Waals surface area contributed by atoms with Crippen molar-refractivity contribution in [2.75, 3.05) is 32.7 Å². The van der Waals surface area contributed by atoms with E-state index in [0.717, 1.165) is 39.0 Å². The fourth-order valence-corrected chi connectivity index (χ4v) is 1.88. The molecule has 0 heterocycles. The largest absolute Gasteiger partial charge is 2.00 e. The van der Waals surface area contributed by atoms with Gasteiger partial charge in [-0.25, -0.2) is 0 Å². The van der Waals surface area contributed by atoms with Gasteiger partial charge in [0.15, 0.2) is 0 Å². The zero-order chi connectivity index (χ0) is 14.4. The van der Waals surface area contributed by atoms with Crippen LogP contribution >= 0.6 is 0 Å². The number of rotatable bonds is 9. The fourth-order valence-electron chi connectivity index (χ4n) is 1.88. The minimum atomic E-state index is 0. The SMILES string of the molecule is [CH2-]CCN(CC)CC.[CH2-]CCN(CCC)C(C)C.[Zn+2]. The molecule has 0 aliphatic carbocycles. The van der Waals surface area contributed by atoms with Gasteiger partial charge in [-0.15, -0.1) is 0 Å². The van der Waals surface area contributed by atoms with Crippen LogP contribution in [0.25, 0.3) is 0 Å². The molecule has 0 bridgehead atoms. The second-order valence-electron chi connectivity index (χ2n) is 4.86. The smallest absolute Gasteiger partial charge is 0.342 e. The Morgan fingerprint density at radius 2 is 1.32 bits per heavy atom. The molecule has 0 fully saturated rings. The molecule has 0 saturated heterocycles. The van der Waals surface area contributed by atoms with E-state index in [-0.39, 0.29) is 19.5 Å². The van der Waals surface area contributed by atoms with E-state index in [4.69, 9.17) is 0 Å². The van der Waals surface area contributed by atoms with Crippen molar-refractivity contribution in [1.82, 2.24) is 9.80 Å². The average Bonchev–Trinajstić information content (AvgIpc) is 2.36. The maximum atomic E-state index is 3.85. The first-order chi connectivity index (χ1) is 8.56. The molecule has 0 saturated carbocycles. The van der Waals surface area contributed by atoms with Crippen molar-refractivity contribution in [2.45, 2.75) is 59.9 Å². The molecule has 0 aromatic rings. The fraction of sp³-hybridized carbons (Fsp3) is 0.875. The molecule has 0 aliphatic rings. The molecule has 0 aromatic heterocycles. The minimum absolute atomic E-state index is 0. The van der Waals surface area contributed by atoms with Crippen LogP contribution in [0.5, 0.6) is 0 Å². The summed E-state index contributed by atoms with van der Waals surface area (Å²) >= 11 is 0. The molecule has 0 atom stereocenters. The van der Waals surface area contributed by atoms with Crippen LogP contribution < -0.4 is 0 Å². The molecule has 0 rings (SSSR count). The summed E-state index contributed by atoms with van der Waals surface area (Å²) in [5.74, 6) is 0. The maximum Gasteiger partial charge on any atom is 2.00 e. The normalized spacial score (nSPS) is 10.4. The first-order valence-corrected chi connectivity index (χ1v) is 7.62. The molecular weight excluding hydrogens is 286 g/mol. The van der Waals surface area contributed by atoms with Gasteiger partial charge < -0.3 is 23.6 Å². The van der Waals surface area contributed by atoms with Gasteiger partial charge in [0.05, 0.1) is 0 Å². The Labute approximate surface area is 136 Å². The molecule has 19 heavy (non-hydrogen) atoms. The molecule has 0 N–H and O–H groups in total. The Morgan fingerprint density at radius 3 is 1.53 bits per heavy atom. The molecule has 3 heteroatoms. The summed E-state index contributed by atoms with van der Waals surface area (Å²) in [5.41, 5.74) is 0. The van der Waals surface area contributed by atoms with E-state index >= 15 is 0 Å². The molecule has 0 aromatic carbocycles. The standard InChI is InChI=1S/C9H20N.C7H16N.Zn/c1-5-7-10(8-6-2)9(3)4;1-4-7-8(5-2)6-3;/h9H,1,5-8H2,2-4H3;1,4-7H2,2-3H3;/q2*-1;+2. The summed E-state index contributed by atoms with van der Waals surface area (Å²) in [7, 11) is 0. The predicted molar refractivity (Wildman–Crippen MR) is 84.7 cm³/mol. The van der Waals surface area contributed by atoms with Crippen molar-refractivity contribution in [3.8, 4) is 0 Å². The summed E-state index contributed by atoms with van der Waals surface area (Å²) in [6, 6.07) is 0.682. The van der Waals surface area contributed by atoms with Crippen molar-refractivity contribution in [3.05, 3.63) is 13.8 Å². The average molecular weight is 322 g/mol. The summed E-state index contributed by atoms with van der Waals surface area (Å²) in [5, 5.41) is 0. The van der Waals surface area contributed by atoms with Crippen LogP contribution in [0.4, 0.5) is 0 Å². The van der Waals surface area contributed by atoms with Crippen molar-refractivity contribution in [2.24, 2.45) is 0 Å². The molecule has 0 unspecified atom stereocenters. The molecule has 2 nitrogen and oxygen atoms in total. The van der Waals surface area contributed by atoms with E-state index in [1.54, 1.807) is 0 Å². The van der Waals surface area contributed by atoms with E-state index in [9.17, 15) is 0 Å². The molecule has 0 spiro atoms. The second-order valence-corrected chi connectivity index (χ2v) is 4.86. The van der Waals surface area contributed by atoms with Gasteiger partial charge in [0.25, 0.3) is 0 Å². The Bertz CT molecular complexity index is 142. The first kappa shape index (κ1) is 24.6. The Morgan fingerprint density at radius 1 is 0.842 bits per heavy atom. The van der Waals surface area contributed by atoms with Crippen LogP contribution in [0.15, 0.2) is 0 Å². The van der Waals surface area contributed by atoms with Crippen LogP contribution in [-0.4, -0.2) is 48.6 Å². The number of hydrogen-bond donors (Lipinski definition) is 0. The van der Waals surface area contributed by atoms with Gasteiger partial charge in [-0.3, -0.25) is 0 Å². The number of nitrogens with zero attached hydrogens (tertiary/aromatic N) is 2. The van der Waals surface area contributed by atoms with Gasteiger partial charge >= 0.3 is 19.5 Å². The van der Waals surface area contributed by atoms with E-state index in [2.05, 4.69) is 58.3 Å². The van der Waals surface area contributed by atoms with Crippen molar-refractivity contribution in [3.63, 3.8) is 0 Å². The number of hydrogen-bond acceptors (Lipinski definition) is 2. The zero-order valence-corrected chi connectivity index (χ0v) is 17.2. The monoisotopic (exact) mass is 320 g/mol. The van der Waals surface area contributed by atoms with E-state index < -0.39 is 0 Å². The van der Waals surface area contributed by atoms with E-state index in [1.165, 1.54) is 13.0 Å². The Balaban J connectivity index is -0.000000262. The van der Waals surface area contributed by atoms with Gasteiger partial charge in [0, 0.05) is 6.04 Å². The summed E-state index contributed by atoms with van der Waals surface area (Å²) in [6.07, 6.45) is 3.30. The Hall–Kier alpha value is 0.543. The first-order valence-electron chi connectivity index (χ1n) is 7.62. The van der Waals surface area contributed by atoms with E-state index in [1.807, 2.05) is 0 Å². The van der Waals surface area contributed by atoms with Crippen LogP contribution in [0.3, 0.4) is 0 Å². The summed E-state index contributed by atoms with van der Waals surface area (Å²) in [4.78, 5) is 4.83. The van der Waals surface area contributed by atoms with Gasteiger partial charge in [-0.2, -0.15) is 12.8 Å². The molecule has 0 amide bonds. The summed E-state index contributed by atoms with van der Waals surface area (Å²) in [6.45, 7) is 24.5. The van der Waals surface area contributed by atoms with Crippen LogP contribution in [0, 0.1) is 13.8 Å². The van der Waals surface area contributed by atoms with E-state index in [0.29, 0.717) is 6.04 Å². The summed E-state index contributed by atoms with van der Waals surface area (Å²) < 4.78 is 0. The third kappa shape index (κ3) is 16.5. The van der Waals surface area contributed by atoms with Crippen LogP contribution in [-0.2, 0) is 19.5 Å². The van der Waals surface area contributed by atoms with Gasteiger partial charge in [-0.1, -0.05) is 20.8 Å². The maximum absolute atomic E-state index is 3.85. The third-order valence-electron chi connectivity index (χ3n) is 3.06. The molecule has 0 aliphatic heterocycles. The third-order valence-corrected chi connectivity index (χ3v) is 3.06. The van der Waals surface area contributed by atoms with Crippen molar-refractivity contribution in [1.29, 1.82) is 0 Å². The van der Waals surface area contributed by atoms with Crippen LogP contribution in [0.1, 0.15) is 53.9 Å². The minimum Gasteiger partial charge on any atom is -0.342 e.